The lowest BCUT2D eigenvalue weighted by molar-refractivity contribution is -0.0440. The zero-order chi connectivity index (χ0) is 21.3. The summed E-state index contributed by atoms with van der Waals surface area (Å²) >= 11 is 0. The van der Waals surface area contributed by atoms with Crippen LogP contribution in [0.5, 0.6) is 0 Å². The minimum atomic E-state index is -3.71. The molecule has 0 unspecified atom stereocenters. The number of carbonyl (C=O) groups excluding carboxylic acids is 1. The Kier molecular flexibility index (Phi) is 6.12. The maximum Gasteiger partial charge on any atom is 0.255 e. The Morgan fingerprint density at radius 2 is 1.62 bits per heavy atom. The second kappa shape index (κ2) is 8.26. The molecule has 6 nitrogen and oxygen atoms in total. The molecule has 156 valence electrons. The Labute approximate surface area is 172 Å². The van der Waals surface area contributed by atoms with Gasteiger partial charge in [-0.1, -0.05) is 23.8 Å². The monoisotopic (exact) mass is 416 g/mol. The van der Waals surface area contributed by atoms with E-state index in [2.05, 4.69) is 5.32 Å². The van der Waals surface area contributed by atoms with Gasteiger partial charge >= 0.3 is 0 Å². The number of ether oxygens (including phenoxy) is 1. The van der Waals surface area contributed by atoms with Crippen molar-refractivity contribution in [2.45, 2.75) is 51.7 Å². The SMILES string of the molecule is Cc1cc(C)c(NC(=O)c2cccc(S(=O)(=O)N3C[C@H](C)O[C@@H](C)C3)c2)c(C)c1. The normalized spacial score (nSPS) is 20.4. The summed E-state index contributed by atoms with van der Waals surface area (Å²) in [5, 5.41) is 2.93. The molecular formula is C22H28N2O4S. The smallest absolute Gasteiger partial charge is 0.255 e. The van der Waals surface area contributed by atoms with Crippen molar-refractivity contribution in [3.05, 3.63) is 58.7 Å². The van der Waals surface area contributed by atoms with E-state index in [-0.39, 0.29) is 23.0 Å². The number of nitrogens with zero attached hydrogens (tertiary/aromatic N) is 1. The van der Waals surface area contributed by atoms with E-state index in [0.717, 1.165) is 22.4 Å². The molecule has 1 fully saturated rings. The number of sulfonamides is 1. The van der Waals surface area contributed by atoms with Crippen LogP contribution in [0.15, 0.2) is 41.3 Å². The Balaban J connectivity index is 1.87. The van der Waals surface area contributed by atoms with Gasteiger partial charge in [0.05, 0.1) is 17.1 Å². The van der Waals surface area contributed by atoms with Crippen LogP contribution in [0.3, 0.4) is 0 Å². The molecule has 29 heavy (non-hydrogen) atoms. The van der Waals surface area contributed by atoms with Crippen LogP contribution in [0.1, 0.15) is 40.9 Å². The van der Waals surface area contributed by atoms with Crippen LogP contribution in [0.4, 0.5) is 5.69 Å². The third-order valence-electron chi connectivity index (χ3n) is 5.04. The topological polar surface area (TPSA) is 75.7 Å². The molecule has 0 aromatic heterocycles. The van der Waals surface area contributed by atoms with Gasteiger partial charge in [0.25, 0.3) is 5.91 Å². The van der Waals surface area contributed by atoms with Crippen molar-refractivity contribution in [2.24, 2.45) is 0 Å². The minimum Gasteiger partial charge on any atom is -0.373 e. The second-order valence-corrected chi connectivity index (χ2v) is 9.77. The van der Waals surface area contributed by atoms with Crippen molar-refractivity contribution in [1.29, 1.82) is 0 Å². The number of carbonyl (C=O) groups is 1. The largest absolute Gasteiger partial charge is 0.373 e. The molecule has 0 radical (unpaired) electrons. The van der Waals surface area contributed by atoms with E-state index in [1.165, 1.54) is 16.4 Å². The Morgan fingerprint density at radius 1 is 1.03 bits per heavy atom. The molecule has 2 atom stereocenters. The molecule has 1 saturated heterocycles. The predicted octanol–water partition coefficient (Wildman–Crippen LogP) is 3.66. The van der Waals surface area contributed by atoms with Crippen molar-refractivity contribution < 1.29 is 17.9 Å². The molecule has 0 saturated carbocycles. The van der Waals surface area contributed by atoms with Crippen LogP contribution in [-0.4, -0.2) is 43.9 Å². The number of aryl methyl sites for hydroxylation is 3. The Hall–Kier alpha value is -2.22. The van der Waals surface area contributed by atoms with E-state index in [0.29, 0.717) is 18.7 Å². The fraction of sp³-hybridized carbons (Fsp3) is 0.409. The fourth-order valence-corrected chi connectivity index (χ4v) is 5.47. The third-order valence-corrected chi connectivity index (χ3v) is 6.86. The first kappa shape index (κ1) is 21.5. The molecule has 2 aromatic carbocycles. The maximum atomic E-state index is 13.1. The van der Waals surface area contributed by atoms with E-state index in [9.17, 15) is 13.2 Å². The van der Waals surface area contributed by atoms with Crippen molar-refractivity contribution in [2.75, 3.05) is 18.4 Å². The Morgan fingerprint density at radius 3 is 2.21 bits per heavy atom. The number of nitrogens with one attached hydrogen (secondary N) is 1. The first-order valence-electron chi connectivity index (χ1n) is 9.73. The van der Waals surface area contributed by atoms with E-state index < -0.39 is 10.0 Å². The van der Waals surface area contributed by atoms with Crippen LogP contribution in [0.25, 0.3) is 0 Å². The van der Waals surface area contributed by atoms with Crippen LogP contribution in [-0.2, 0) is 14.8 Å². The summed E-state index contributed by atoms with van der Waals surface area (Å²) in [5.41, 5.74) is 4.12. The summed E-state index contributed by atoms with van der Waals surface area (Å²) in [4.78, 5) is 12.9. The number of hydrogen-bond donors (Lipinski definition) is 1. The van der Waals surface area contributed by atoms with Crippen LogP contribution in [0, 0.1) is 20.8 Å². The zero-order valence-corrected chi connectivity index (χ0v) is 18.3. The number of anilines is 1. The quantitative estimate of drug-likeness (QED) is 0.825. The summed E-state index contributed by atoms with van der Waals surface area (Å²) in [6.45, 7) is 10.2. The lowest BCUT2D eigenvalue weighted by Gasteiger charge is -2.34. The van der Waals surface area contributed by atoms with Gasteiger partial charge in [0.15, 0.2) is 0 Å². The average Bonchev–Trinajstić information content (AvgIpc) is 2.63. The molecule has 0 bridgehead atoms. The first-order chi connectivity index (χ1) is 13.6. The number of amides is 1. The van der Waals surface area contributed by atoms with Gasteiger partial charge < -0.3 is 10.1 Å². The van der Waals surface area contributed by atoms with Crippen LogP contribution in [0.2, 0.25) is 0 Å². The molecule has 7 heteroatoms. The summed E-state index contributed by atoms with van der Waals surface area (Å²) < 4.78 is 33.3. The van der Waals surface area contributed by atoms with Gasteiger partial charge in [0, 0.05) is 24.3 Å². The third kappa shape index (κ3) is 4.69. The van der Waals surface area contributed by atoms with Crippen LogP contribution < -0.4 is 5.32 Å². The maximum absolute atomic E-state index is 13.1. The summed E-state index contributed by atoms with van der Waals surface area (Å²) in [5.74, 6) is -0.333. The molecule has 1 N–H and O–H groups in total. The first-order valence-corrected chi connectivity index (χ1v) is 11.2. The zero-order valence-electron chi connectivity index (χ0n) is 17.5. The average molecular weight is 417 g/mol. The molecule has 1 heterocycles. The number of morpholine rings is 1. The van der Waals surface area contributed by atoms with E-state index in [4.69, 9.17) is 4.74 Å². The second-order valence-electron chi connectivity index (χ2n) is 7.84. The highest BCUT2D eigenvalue weighted by molar-refractivity contribution is 7.89. The molecule has 1 aliphatic rings. The predicted molar refractivity (Wildman–Crippen MR) is 114 cm³/mol. The van der Waals surface area contributed by atoms with Gasteiger partial charge in [-0.05, 0) is 63.9 Å². The minimum absolute atomic E-state index is 0.115. The van der Waals surface area contributed by atoms with E-state index in [1.807, 2.05) is 46.8 Å². The van der Waals surface area contributed by atoms with Gasteiger partial charge in [-0.15, -0.1) is 0 Å². The van der Waals surface area contributed by atoms with Crippen molar-refractivity contribution in [1.82, 2.24) is 4.31 Å². The van der Waals surface area contributed by atoms with Crippen LogP contribution >= 0.6 is 0 Å². The number of rotatable bonds is 4. The molecule has 1 aliphatic heterocycles. The highest BCUT2D eigenvalue weighted by Crippen LogP contribution is 2.25. The molecule has 0 aliphatic carbocycles. The van der Waals surface area contributed by atoms with Gasteiger partial charge in [-0.25, -0.2) is 8.42 Å². The molecule has 1 amide bonds. The lowest BCUT2D eigenvalue weighted by atomic mass is 10.0. The molecule has 3 rings (SSSR count). The summed E-state index contributed by atoms with van der Waals surface area (Å²) in [6.07, 6.45) is -0.347. The van der Waals surface area contributed by atoms with E-state index >= 15 is 0 Å². The lowest BCUT2D eigenvalue weighted by Crippen LogP contribution is -2.48. The van der Waals surface area contributed by atoms with Crippen molar-refractivity contribution >= 4 is 21.6 Å². The highest BCUT2D eigenvalue weighted by Gasteiger charge is 2.32. The molecule has 2 aromatic rings. The van der Waals surface area contributed by atoms with Crippen molar-refractivity contribution in [3.63, 3.8) is 0 Å². The summed E-state index contributed by atoms with van der Waals surface area (Å²) in [7, 11) is -3.71. The van der Waals surface area contributed by atoms with E-state index in [1.54, 1.807) is 12.1 Å². The number of hydrogen-bond acceptors (Lipinski definition) is 4. The summed E-state index contributed by atoms with van der Waals surface area (Å²) in [6, 6.07) is 10.2. The Bertz CT molecular complexity index is 1000. The number of benzene rings is 2. The van der Waals surface area contributed by atoms with Gasteiger partial charge in [-0.3, -0.25) is 4.79 Å². The van der Waals surface area contributed by atoms with Gasteiger partial charge in [0.2, 0.25) is 10.0 Å². The molecular weight excluding hydrogens is 388 g/mol. The van der Waals surface area contributed by atoms with Gasteiger partial charge in [-0.2, -0.15) is 4.31 Å². The van der Waals surface area contributed by atoms with Crippen molar-refractivity contribution in [3.8, 4) is 0 Å². The highest BCUT2D eigenvalue weighted by atomic mass is 32.2. The van der Waals surface area contributed by atoms with Gasteiger partial charge in [0.1, 0.15) is 0 Å². The molecule has 0 spiro atoms. The standard InChI is InChI=1S/C22H28N2O4S/c1-14-9-15(2)21(16(3)10-14)23-22(25)19-7-6-8-20(11-19)29(26,27)24-12-17(4)28-18(5)13-24/h6-11,17-18H,12-13H2,1-5H3,(H,23,25)/t17-,18-/m0/s1. The fourth-order valence-electron chi connectivity index (χ4n) is 3.84.